The molecule has 1 aromatic carbocycles. The van der Waals surface area contributed by atoms with Gasteiger partial charge in [0.2, 0.25) is 5.56 Å². The van der Waals surface area contributed by atoms with Crippen LogP contribution < -0.4 is 5.56 Å². The summed E-state index contributed by atoms with van der Waals surface area (Å²) in [5, 5.41) is 0. The Kier molecular flexibility index (Phi) is 4.27. The van der Waals surface area contributed by atoms with Gasteiger partial charge in [-0.3, -0.25) is 9.79 Å². The van der Waals surface area contributed by atoms with Gasteiger partial charge in [-0.1, -0.05) is 42.0 Å². The molecule has 146 valence electrons. The number of benzene rings is 1. The predicted octanol–water partition coefficient (Wildman–Crippen LogP) is 5.14. The van der Waals surface area contributed by atoms with Crippen LogP contribution in [0.4, 0.5) is 0 Å². The maximum atomic E-state index is 12.0. The molecule has 5 rings (SSSR count). The van der Waals surface area contributed by atoms with Crippen molar-refractivity contribution in [1.82, 2.24) is 4.98 Å². The second-order valence-electron chi connectivity index (χ2n) is 8.45. The summed E-state index contributed by atoms with van der Waals surface area (Å²) >= 11 is 0. The zero-order valence-electron chi connectivity index (χ0n) is 17.0. The summed E-state index contributed by atoms with van der Waals surface area (Å²) in [6.07, 6.45) is 12.7. The van der Waals surface area contributed by atoms with Crippen molar-refractivity contribution in [3.8, 4) is 0 Å². The summed E-state index contributed by atoms with van der Waals surface area (Å²) in [4.78, 5) is 20.2. The number of fused-ring (bicyclic) bond motifs is 5. The number of hydrogen-bond donors (Lipinski definition) is 1. The average Bonchev–Trinajstić information content (AvgIpc) is 3.10. The lowest BCUT2D eigenvalue weighted by atomic mass is 9.63. The first-order valence-corrected chi connectivity index (χ1v) is 10.5. The quantitative estimate of drug-likeness (QED) is 0.567. The van der Waals surface area contributed by atoms with Crippen molar-refractivity contribution in [2.24, 2.45) is 10.9 Å². The zero-order valence-corrected chi connectivity index (χ0v) is 17.0. The third kappa shape index (κ3) is 2.88. The van der Waals surface area contributed by atoms with Crippen LogP contribution in [0.25, 0.3) is 5.57 Å². The number of aliphatic imine (C=N–C) groups is 1. The molecule has 0 unspecified atom stereocenters. The molecule has 2 bridgehead atoms. The molecule has 0 aliphatic heterocycles. The number of H-pyrrole nitrogens is 1. The minimum Gasteiger partial charge on any atom is -0.326 e. The lowest BCUT2D eigenvalue weighted by molar-refractivity contribution is 0.413. The number of aromatic amines is 1. The van der Waals surface area contributed by atoms with Gasteiger partial charge in [0, 0.05) is 35.9 Å². The molecule has 1 aromatic heterocycles. The van der Waals surface area contributed by atoms with Crippen LogP contribution in [0.15, 0.2) is 75.6 Å². The molecule has 0 radical (unpaired) electrons. The van der Waals surface area contributed by atoms with Gasteiger partial charge in [0.05, 0.1) is 0 Å². The van der Waals surface area contributed by atoms with Crippen LogP contribution in [0.2, 0.25) is 0 Å². The van der Waals surface area contributed by atoms with E-state index >= 15 is 0 Å². The van der Waals surface area contributed by atoms with Gasteiger partial charge >= 0.3 is 0 Å². The lowest BCUT2D eigenvalue weighted by Crippen LogP contribution is -2.40. The number of nitrogens with one attached hydrogen (secondary N) is 1. The van der Waals surface area contributed by atoms with E-state index in [1.54, 1.807) is 6.07 Å². The van der Waals surface area contributed by atoms with Crippen LogP contribution in [0.3, 0.4) is 0 Å². The van der Waals surface area contributed by atoms with E-state index in [4.69, 9.17) is 4.99 Å². The van der Waals surface area contributed by atoms with Crippen molar-refractivity contribution in [3.63, 3.8) is 0 Å². The summed E-state index contributed by atoms with van der Waals surface area (Å²) in [5.74, 6) is 0.302. The highest BCUT2D eigenvalue weighted by Crippen LogP contribution is 2.51. The normalized spacial score (nSPS) is 27.9. The van der Waals surface area contributed by atoms with Crippen LogP contribution in [0, 0.1) is 5.92 Å². The van der Waals surface area contributed by atoms with Gasteiger partial charge in [-0.15, -0.1) is 0 Å². The topological polar surface area (TPSA) is 45.2 Å². The second kappa shape index (κ2) is 6.84. The van der Waals surface area contributed by atoms with E-state index in [0.29, 0.717) is 5.92 Å². The molecule has 1 heterocycles. The third-order valence-electron chi connectivity index (χ3n) is 6.68. The molecule has 0 amide bonds. The number of aromatic nitrogens is 1. The lowest BCUT2D eigenvalue weighted by Gasteiger charge is -2.45. The number of rotatable bonds is 2. The van der Waals surface area contributed by atoms with Gasteiger partial charge in [-0.2, -0.15) is 0 Å². The molecule has 2 atom stereocenters. The van der Waals surface area contributed by atoms with Crippen molar-refractivity contribution in [1.29, 1.82) is 0 Å². The van der Waals surface area contributed by atoms with Gasteiger partial charge < -0.3 is 4.98 Å². The van der Waals surface area contributed by atoms with E-state index < -0.39 is 5.54 Å². The van der Waals surface area contributed by atoms with E-state index in [-0.39, 0.29) is 5.56 Å². The van der Waals surface area contributed by atoms with Crippen molar-refractivity contribution >= 4 is 11.8 Å². The van der Waals surface area contributed by atoms with Gasteiger partial charge in [0.25, 0.3) is 0 Å². The third-order valence-corrected chi connectivity index (χ3v) is 6.68. The van der Waals surface area contributed by atoms with E-state index in [9.17, 15) is 4.79 Å². The highest BCUT2D eigenvalue weighted by atomic mass is 16.1. The monoisotopic (exact) mass is 382 g/mol. The van der Waals surface area contributed by atoms with Crippen molar-refractivity contribution in [2.75, 3.05) is 0 Å². The molecule has 0 spiro atoms. The molecule has 2 aromatic rings. The highest BCUT2D eigenvalue weighted by molar-refractivity contribution is 5.87. The number of hydrogen-bond acceptors (Lipinski definition) is 2. The van der Waals surface area contributed by atoms with E-state index in [1.807, 2.05) is 12.3 Å². The fourth-order valence-corrected chi connectivity index (χ4v) is 5.54. The number of aryl methyl sites for hydroxylation is 1. The fraction of sp³-hybridized carbons (Fsp3) is 0.308. The van der Waals surface area contributed by atoms with Gasteiger partial charge in [-0.25, -0.2) is 0 Å². The van der Waals surface area contributed by atoms with E-state index in [1.165, 1.54) is 27.8 Å². The molecular weight excluding hydrogens is 356 g/mol. The Labute approximate surface area is 171 Å². The number of pyridine rings is 1. The molecule has 3 aliphatic carbocycles. The van der Waals surface area contributed by atoms with Crippen molar-refractivity contribution in [3.05, 3.63) is 98.5 Å². The van der Waals surface area contributed by atoms with Crippen LogP contribution in [0.1, 0.15) is 49.1 Å². The predicted molar refractivity (Wildman–Crippen MR) is 119 cm³/mol. The molecule has 0 saturated heterocycles. The van der Waals surface area contributed by atoms with Crippen LogP contribution >= 0.6 is 0 Å². The second-order valence-corrected chi connectivity index (χ2v) is 8.45. The smallest absolute Gasteiger partial charge is 0.248 e. The van der Waals surface area contributed by atoms with Crippen LogP contribution in [-0.4, -0.2) is 11.2 Å². The molecule has 29 heavy (non-hydrogen) atoms. The standard InChI is InChI=1S/C26H26N2O/c1-3-22-20-14-17(2)16-26(22,23-10-11-25(29)28-24(23)15-20)27-13-12-19-9-8-18-6-4-5-7-21(18)19/h3-7,10-14,20H,8-9,15-16H2,1-2H3,(H,28,29)/b19-12-,22-3+,27-13+/t20-,26+/m0/s1. The number of nitrogens with zero attached hydrogens (tertiary/aromatic N) is 1. The molecule has 0 fully saturated rings. The summed E-state index contributed by atoms with van der Waals surface area (Å²) in [6.45, 7) is 4.31. The first kappa shape index (κ1) is 18.1. The van der Waals surface area contributed by atoms with Gasteiger partial charge in [0.1, 0.15) is 5.54 Å². The Morgan fingerprint density at radius 3 is 2.90 bits per heavy atom. The van der Waals surface area contributed by atoms with Crippen LogP contribution in [-0.2, 0) is 18.4 Å². The summed E-state index contributed by atoms with van der Waals surface area (Å²) in [6, 6.07) is 12.3. The Morgan fingerprint density at radius 1 is 1.17 bits per heavy atom. The minimum atomic E-state index is -0.411. The van der Waals surface area contributed by atoms with E-state index in [0.717, 1.165) is 36.9 Å². The van der Waals surface area contributed by atoms with Crippen molar-refractivity contribution in [2.45, 2.75) is 45.1 Å². The van der Waals surface area contributed by atoms with Gasteiger partial charge in [-0.05, 0) is 67.5 Å². The number of allylic oxidation sites excluding steroid dienone is 4. The SMILES string of the molecule is C/C=C1\[C@H]2C=C(C)C[C@]1(/N=C/C=C1/CCc3ccccc31)c1ccc(=O)[nH]c1C2. The first-order chi connectivity index (χ1) is 14.1. The molecular formula is C26H26N2O. The molecule has 3 heteroatoms. The average molecular weight is 383 g/mol. The molecule has 0 saturated carbocycles. The summed E-state index contributed by atoms with van der Waals surface area (Å²) in [7, 11) is 0. The van der Waals surface area contributed by atoms with Crippen LogP contribution in [0.5, 0.6) is 0 Å². The van der Waals surface area contributed by atoms with Gasteiger partial charge in [0.15, 0.2) is 0 Å². The Bertz CT molecular complexity index is 1160. The summed E-state index contributed by atoms with van der Waals surface area (Å²) in [5.41, 5.74) is 8.60. The Morgan fingerprint density at radius 2 is 2.03 bits per heavy atom. The minimum absolute atomic E-state index is 0.0322. The maximum absolute atomic E-state index is 12.0. The zero-order chi connectivity index (χ0) is 20.0. The molecule has 1 N–H and O–H groups in total. The largest absolute Gasteiger partial charge is 0.326 e. The summed E-state index contributed by atoms with van der Waals surface area (Å²) < 4.78 is 0. The maximum Gasteiger partial charge on any atom is 0.248 e. The van der Waals surface area contributed by atoms with Crippen molar-refractivity contribution < 1.29 is 0 Å². The Hall–Kier alpha value is -2.94. The fourth-order valence-electron chi connectivity index (χ4n) is 5.54. The highest BCUT2D eigenvalue weighted by Gasteiger charge is 2.46. The molecule has 3 aliphatic rings. The Balaban J connectivity index is 1.62. The molecule has 3 nitrogen and oxygen atoms in total. The van der Waals surface area contributed by atoms with E-state index in [2.05, 4.69) is 61.3 Å². The first-order valence-electron chi connectivity index (χ1n) is 10.5.